The fourth-order valence-corrected chi connectivity index (χ4v) is 3.57. The molecule has 1 aliphatic carbocycles. The molecule has 1 saturated heterocycles. The van der Waals surface area contributed by atoms with Crippen molar-refractivity contribution in [2.75, 3.05) is 19.8 Å². The Morgan fingerprint density at radius 1 is 1.29 bits per heavy atom. The van der Waals surface area contributed by atoms with E-state index in [1.165, 1.54) is 6.26 Å². The van der Waals surface area contributed by atoms with Crippen LogP contribution in [-0.2, 0) is 4.74 Å². The van der Waals surface area contributed by atoms with E-state index in [2.05, 4.69) is 9.97 Å². The molecule has 0 spiro atoms. The summed E-state index contributed by atoms with van der Waals surface area (Å²) in [5, 5.41) is 0. The number of carbonyl (C=O) groups is 1. The maximum absolute atomic E-state index is 12.6. The SMILES string of the molecule is O=C(c1ccco1)N1CCOC2C(COc3ncccn3)CCC21. The molecule has 0 aromatic carbocycles. The first-order valence-electron chi connectivity index (χ1n) is 8.19. The van der Waals surface area contributed by atoms with Gasteiger partial charge in [0, 0.05) is 24.9 Å². The van der Waals surface area contributed by atoms with Crippen molar-refractivity contribution in [1.82, 2.24) is 14.9 Å². The Morgan fingerprint density at radius 2 is 2.17 bits per heavy atom. The van der Waals surface area contributed by atoms with Crippen LogP contribution < -0.4 is 4.74 Å². The fraction of sp³-hybridized carbons (Fsp3) is 0.471. The van der Waals surface area contributed by atoms with Gasteiger partial charge in [0.05, 0.1) is 31.6 Å². The van der Waals surface area contributed by atoms with Crippen LogP contribution in [0.25, 0.3) is 0 Å². The molecule has 7 heteroatoms. The van der Waals surface area contributed by atoms with Crippen molar-refractivity contribution in [3.05, 3.63) is 42.6 Å². The highest BCUT2D eigenvalue weighted by Crippen LogP contribution is 2.35. The summed E-state index contributed by atoms with van der Waals surface area (Å²) in [6.07, 6.45) is 6.67. The highest BCUT2D eigenvalue weighted by atomic mass is 16.5. The predicted octanol–water partition coefficient (Wildman–Crippen LogP) is 1.77. The summed E-state index contributed by atoms with van der Waals surface area (Å²) < 4.78 is 16.9. The molecule has 2 aromatic heterocycles. The summed E-state index contributed by atoms with van der Waals surface area (Å²) >= 11 is 0. The van der Waals surface area contributed by atoms with Crippen LogP contribution in [0.3, 0.4) is 0 Å². The maximum Gasteiger partial charge on any atom is 0.316 e. The number of morpholine rings is 1. The van der Waals surface area contributed by atoms with Crippen molar-refractivity contribution in [3.63, 3.8) is 0 Å². The van der Waals surface area contributed by atoms with E-state index < -0.39 is 0 Å². The Hall–Kier alpha value is -2.41. The quantitative estimate of drug-likeness (QED) is 0.851. The van der Waals surface area contributed by atoms with Crippen LogP contribution in [0.4, 0.5) is 0 Å². The lowest BCUT2D eigenvalue weighted by atomic mass is 10.0. The van der Waals surface area contributed by atoms with E-state index >= 15 is 0 Å². The van der Waals surface area contributed by atoms with Crippen LogP contribution in [0.5, 0.6) is 6.01 Å². The van der Waals surface area contributed by atoms with Gasteiger partial charge in [0.1, 0.15) is 0 Å². The maximum atomic E-state index is 12.6. The summed E-state index contributed by atoms with van der Waals surface area (Å²) in [4.78, 5) is 22.6. The summed E-state index contributed by atoms with van der Waals surface area (Å²) in [5.41, 5.74) is 0. The molecule has 1 amide bonds. The smallest absolute Gasteiger partial charge is 0.316 e. The Bertz CT molecular complexity index is 676. The van der Waals surface area contributed by atoms with Gasteiger partial charge in [-0.2, -0.15) is 0 Å². The van der Waals surface area contributed by atoms with Crippen molar-refractivity contribution in [2.45, 2.75) is 25.0 Å². The van der Waals surface area contributed by atoms with Crippen molar-refractivity contribution >= 4 is 5.91 Å². The lowest BCUT2D eigenvalue weighted by Crippen LogP contribution is -2.53. The van der Waals surface area contributed by atoms with Gasteiger partial charge in [-0.05, 0) is 31.0 Å². The van der Waals surface area contributed by atoms with E-state index in [-0.39, 0.29) is 24.0 Å². The molecular formula is C17H19N3O4. The van der Waals surface area contributed by atoms with E-state index in [1.54, 1.807) is 30.6 Å². The minimum absolute atomic E-state index is 0.0126. The molecule has 24 heavy (non-hydrogen) atoms. The molecule has 3 unspecified atom stereocenters. The van der Waals surface area contributed by atoms with Crippen LogP contribution in [-0.4, -0.2) is 52.7 Å². The van der Waals surface area contributed by atoms with Gasteiger partial charge in [0.2, 0.25) is 0 Å². The first-order valence-corrected chi connectivity index (χ1v) is 8.19. The number of carbonyl (C=O) groups excluding carboxylic acids is 1. The van der Waals surface area contributed by atoms with Crippen LogP contribution in [0.1, 0.15) is 23.4 Å². The molecule has 2 aromatic rings. The molecule has 2 aliphatic rings. The molecule has 1 aliphatic heterocycles. The van der Waals surface area contributed by atoms with Crippen LogP contribution in [0.2, 0.25) is 0 Å². The third kappa shape index (κ3) is 2.87. The molecule has 3 atom stereocenters. The number of aromatic nitrogens is 2. The van der Waals surface area contributed by atoms with Gasteiger partial charge in [-0.25, -0.2) is 9.97 Å². The summed E-state index contributed by atoms with van der Waals surface area (Å²) in [6, 6.07) is 5.63. The number of nitrogens with zero attached hydrogens (tertiary/aromatic N) is 3. The minimum Gasteiger partial charge on any atom is -0.463 e. The van der Waals surface area contributed by atoms with Crippen molar-refractivity contribution < 1.29 is 18.7 Å². The number of fused-ring (bicyclic) bond motifs is 1. The second kappa shape index (κ2) is 6.60. The molecule has 2 fully saturated rings. The second-order valence-corrected chi connectivity index (χ2v) is 6.06. The number of rotatable bonds is 4. The van der Waals surface area contributed by atoms with Crippen LogP contribution >= 0.6 is 0 Å². The number of hydrogen-bond donors (Lipinski definition) is 0. The highest BCUT2D eigenvalue weighted by molar-refractivity contribution is 5.91. The third-order valence-corrected chi connectivity index (χ3v) is 4.68. The molecule has 7 nitrogen and oxygen atoms in total. The van der Waals surface area contributed by atoms with E-state index in [9.17, 15) is 4.79 Å². The van der Waals surface area contributed by atoms with Crippen LogP contribution in [0.15, 0.2) is 41.3 Å². The standard InChI is InChI=1S/C17H19N3O4/c21-16(14-3-1-9-22-14)20-8-10-23-15-12(4-5-13(15)20)11-24-17-18-6-2-7-19-17/h1-3,6-7,9,12-13,15H,4-5,8,10-11H2. The van der Waals surface area contributed by atoms with Crippen molar-refractivity contribution in [1.29, 1.82) is 0 Å². The predicted molar refractivity (Wildman–Crippen MR) is 83.5 cm³/mol. The van der Waals surface area contributed by atoms with E-state index in [4.69, 9.17) is 13.9 Å². The van der Waals surface area contributed by atoms with Gasteiger partial charge in [-0.15, -0.1) is 0 Å². The summed E-state index contributed by atoms with van der Waals surface area (Å²) in [5.74, 6) is 0.547. The van der Waals surface area contributed by atoms with E-state index in [0.717, 1.165) is 12.8 Å². The van der Waals surface area contributed by atoms with Gasteiger partial charge in [-0.1, -0.05) is 0 Å². The molecule has 0 bridgehead atoms. The molecule has 4 rings (SSSR count). The van der Waals surface area contributed by atoms with Gasteiger partial charge < -0.3 is 18.8 Å². The lowest BCUT2D eigenvalue weighted by Gasteiger charge is -2.38. The van der Waals surface area contributed by atoms with Gasteiger partial charge in [-0.3, -0.25) is 4.79 Å². The zero-order chi connectivity index (χ0) is 16.4. The van der Waals surface area contributed by atoms with Crippen molar-refractivity contribution in [2.24, 2.45) is 5.92 Å². The Labute approximate surface area is 139 Å². The topological polar surface area (TPSA) is 77.7 Å². The number of amides is 1. The van der Waals surface area contributed by atoms with Gasteiger partial charge >= 0.3 is 6.01 Å². The average molecular weight is 329 g/mol. The fourth-order valence-electron chi connectivity index (χ4n) is 3.57. The minimum atomic E-state index is -0.0636. The summed E-state index contributed by atoms with van der Waals surface area (Å²) in [6.45, 7) is 1.62. The lowest BCUT2D eigenvalue weighted by molar-refractivity contribution is -0.0689. The second-order valence-electron chi connectivity index (χ2n) is 6.06. The zero-order valence-corrected chi connectivity index (χ0v) is 13.2. The third-order valence-electron chi connectivity index (χ3n) is 4.68. The Balaban J connectivity index is 1.42. The van der Waals surface area contributed by atoms with Gasteiger partial charge in [0.25, 0.3) is 5.91 Å². The number of furan rings is 1. The molecule has 126 valence electrons. The molecular weight excluding hydrogens is 310 g/mol. The monoisotopic (exact) mass is 329 g/mol. The van der Waals surface area contributed by atoms with Crippen LogP contribution in [0, 0.1) is 5.92 Å². The number of hydrogen-bond acceptors (Lipinski definition) is 6. The molecule has 3 heterocycles. The zero-order valence-electron chi connectivity index (χ0n) is 13.2. The van der Waals surface area contributed by atoms with Crippen molar-refractivity contribution in [3.8, 4) is 6.01 Å². The normalized spacial score (nSPS) is 26.2. The first-order chi connectivity index (χ1) is 11.8. The van der Waals surface area contributed by atoms with E-state index in [1.807, 2.05) is 4.90 Å². The molecule has 1 saturated carbocycles. The number of ether oxygens (including phenoxy) is 2. The molecule has 0 N–H and O–H groups in total. The summed E-state index contributed by atoms with van der Waals surface area (Å²) in [7, 11) is 0. The Morgan fingerprint density at radius 3 is 2.96 bits per heavy atom. The average Bonchev–Trinajstić information content (AvgIpc) is 3.30. The molecule has 0 radical (unpaired) electrons. The first kappa shape index (κ1) is 15.1. The van der Waals surface area contributed by atoms with E-state index in [0.29, 0.717) is 31.5 Å². The highest BCUT2D eigenvalue weighted by Gasteiger charge is 2.45. The van der Waals surface area contributed by atoms with Gasteiger partial charge in [0.15, 0.2) is 5.76 Å². The Kier molecular flexibility index (Phi) is 4.17. The largest absolute Gasteiger partial charge is 0.463 e.